The molecule has 1 aliphatic rings. The Labute approximate surface area is 149 Å². The van der Waals surface area contributed by atoms with Crippen LogP contribution in [-0.2, 0) is 11.0 Å². The van der Waals surface area contributed by atoms with Gasteiger partial charge < -0.3 is 5.11 Å². The third-order valence-electron chi connectivity index (χ3n) is 4.66. The van der Waals surface area contributed by atoms with Crippen molar-refractivity contribution >= 4 is 5.97 Å². The monoisotopic (exact) mass is 364 g/mol. The molecule has 1 saturated heterocycles. The summed E-state index contributed by atoms with van der Waals surface area (Å²) in [4.78, 5) is 17.6. The van der Waals surface area contributed by atoms with E-state index >= 15 is 0 Å². The SMILES string of the molecule is O=C(O)C1CCCN(C(c2cccc(C(F)(F)F)c2)c2ccccn2)C1. The Bertz CT molecular complexity index is 765. The molecule has 138 valence electrons. The Morgan fingerprint density at radius 1 is 1.23 bits per heavy atom. The normalized spacial score (nSPS) is 19.9. The summed E-state index contributed by atoms with van der Waals surface area (Å²) in [5.41, 5.74) is 0.352. The van der Waals surface area contributed by atoms with E-state index < -0.39 is 29.7 Å². The van der Waals surface area contributed by atoms with Crippen LogP contribution in [-0.4, -0.2) is 34.0 Å². The van der Waals surface area contributed by atoms with E-state index in [9.17, 15) is 23.1 Å². The number of pyridine rings is 1. The van der Waals surface area contributed by atoms with Gasteiger partial charge in [-0.15, -0.1) is 0 Å². The fourth-order valence-electron chi connectivity index (χ4n) is 3.43. The number of hydrogen-bond acceptors (Lipinski definition) is 3. The number of aromatic nitrogens is 1. The summed E-state index contributed by atoms with van der Waals surface area (Å²) in [5.74, 6) is -1.40. The molecule has 2 heterocycles. The molecule has 1 aromatic carbocycles. The van der Waals surface area contributed by atoms with E-state index in [0.717, 1.165) is 12.1 Å². The van der Waals surface area contributed by atoms with Crippen LogP contribution in [0.15, 0.2) is 48.7 Å². The zero-order valence-electron chi connectivity index (χ0n) is 14.0. The molecule has 1 aromatic heterocycles. The summed E-state index contributed by atoms with van der Waals surface area (Å²) in [6.07, 6.45) is -1.59. The second kappa shape index (κ2) is 7.45. The Morgan fingerprint density at radius 2 is 2.04 bits per heavy atom. The molecule has 2 atom stereocenters. The number of hydrogen-bond donors (Lipinski definition) is 1. The summed E-state index contributed by atoms with van der Waals surface area (Å²) < 4.78 is 39.4. The summed E-state index contributed by atoms with van der Waals surface area (Å²) in [7, 11) is 0. The molecule has 7 heteroatoms. The number of carboxylic acids is 1. The minimum atomic E-state index is -4.43. The van der Waals surface area contributed by atoms with E-state index in [-0.39, 0.29) is 6.54 Å². The molecule has 0 bridgehead atoms. The highest BCUT2D eigenvalue weighted by Crippen LogP contribution is 2.35. The fraction of sp³-hybridized carbons (Fsp3) is 0.368. The van der Waals surface area contributed by atoms with E-state index in [1.165, 1.54) is 6.07 Å². The Kier molecular flexibility index (Phi) is 5.27. The maximum absolute atomic E-state index is 13.1. The number of alkyl halides is 3. The second-order valence-electron chi connectivity index (χ2n) is 6.45. The highest BCUT2D eigenvalue weighted by molar-refractivity contribution is 5.70. The van der Waals surface area contributed by atoms with E-state index in [1.54, 1.807) is 30.5 Å². The number of benzene rings is 1. The highest BCUT2D eigenvalue weighted by atomic mass is 19.4. The van der Waals surface area contributed by atoms with Crippen LogP contribution in [0.4, 0.5) is 13.2 Å². The van der Waals surface area contributed by atoms with Gasteiger partial charge in [0.25, 0.3) is 0 Å². The smallest absolute Gasteiger partial charge is 0.416 e. The average Bonchev–Trinajstić information content (AvgIpc) is 2.63. The predicted molar refractivity (Wildman–Crippen MR) is 89.5 cm³/mol. The molecule has 0 amide bonds. The molecule has 2 aromatic rings. The highest BCUT2D eigenvalue weighted by Gasteiger charge is 2.34. The van der Waals surface area contributed by atoms with Gasteiger partial charge in [-0.2, -0.15) is 13.2 Å². The molecule has 3 rings (SSSR count). The Morgan fingerprint density at radius 3 is 2.69 bits per heavy atom. The van der Waals surface area contributed by atoms with Gasteiger partial charge in [0.15, 0.2) is 0 Å². The lowest BCUT2D eigenvalue weighted by Gasteiger charge is -2.37. The first kappa shape index (κ1) is 18.4. The summed E-state index contributed by atoms with van der Waals surface area (Å²) in [6.45, 7) is 0.897. The van der Waals surface area contributed by atoms with Gasteiger partial charge in [-0.05, 0) is 49.2 Å². The van der Waals surface area contributed by atoms with Gasteiger partial charge in [0.2, 0.25) is 0 Å². The second-order valence-corrected chi connectivity index (χ2v) is 6.45. The van der Waals surface area contributed by atoms with E-state index in [2.05, 4.69) is 4.98 Å². The van der Waals surface area contributed by atoms with Crippen molar-refractivity contribution in [2.75, 3.05) is 13.1 Å². The van der Waals surface area contributed by atoms with Crippen molar-refractivity contribution in [3.63, 3.8) is 0 Å². The van der Waals surface area contributed by atoms with Crippen LogP contribution in [0.25, 0.3) is 0 Å². The third-order valence-corrected chi connectivity index (χ3v) is 4.66. The zero-order chi connectivity index (χ0) is 18.7. The fourth-order valence-corrected chi connectivity index (χ4v) is 3.43. The van der Waals surface area contributed by atoms with Gasteiger partial charge in [0, 0.05) is 12.7 Å². The van der Waals surface area contributed by atoms with Gasteiger partial charge in [0.05, 0.1) is 23.2 Å². The summed E-state index contributed by atoms with van der Waals surface area (Å²) in [5, 5.41) is 9.34. The van der Waals surface area contributed by atoms with Gasteiger partial charge in [-0.25, -0.2) is 0 Å². The first-order valence-corrected chi connectivity index (χ1v) is 8.41. The Balaban J connectivity index is 2.01. The van der Waals surface area contributed by atoms with Crippen LogP contribution < -0.4 is 0 Å². The zero-order valence-corrected chi connectivity index (χ0v) is 14.0. The standard InChI is InChI=1S/C19H19F3N2O2/c20-19(21,22)15-7-3-5-13(11-15)17(16-8-1-2-9-23-16)24-10-4-6-14(12-24)18(25)26/h1-3,5,7-9,11,14,17H,4,6,10,12H2,(H,25,26). The van der Waals surface area contributed by atoms with Crippen LogP contribution >= 0.6 is 0 Å². The van der Waals surface area contributed by atoms with Crippen molar-refractivity contribution in [1.29, 1.82) is 0 Å². The maximum Gasteiger partial charge on any atom is 0.416 e. The molecule has 1 aliphatic heterocycles. The minimum absolute atomic E-state index is 0.285. The summed E-state index contributed by atoms with van der Waals surface area (Å²) in [6, 6.07) is 9.95. The number of rotatable bonds is 4. The molecular formula is C19H19F3N2O2. The predicted octanol–water partition coefficient (Wildman–Crippen LogP) is 3.99. The molecule has 1 N–H and O–H groups in total. The van der Waals surface area contributed by atoms with Crippen LogP contribution in [0.2, 0.25) is 0 Å². The Hall–Kier alpha value is -2.41. The molecule has 0 spiro atoms. The lowest BCUT2D eigenvalue weighted by atomic mass is 9.92. The van der Waals surface area contributed by atoms with Crippen LogP contribution in [0.5, 0.6) is 0 Å². The van der Waals surface area contributed by atoms with Crippen LogP contribution in [0.3, 0.4) is 0 Å². The molecule has 0 saturated carbocycles. The molecule has 4 nitrogen and oxygen atoms in total. The molecule has 26 heavy (non-hydrogen) atoms. The van der Waals surface area contributed by atoms with E-state index in [0.29, 0.717) is 30.6 Å². The summed E-state index contributed by atoms with van der Waals surface area (Å²) >= 11 is 0. The van der Waals surface area contributed by atoms with Crippen molar-refractivity contribution in [3.8, 4) is 0 Å². The van der Waals surface area contributed by atoms with Gasteiger partial charge in [0.1, 0.15) is 0 Å². The first-order chi connectivity index (χ1) is 12.4. The molecule has 0 radical (unpaired) electrons. The number of carbonyl (C=O) groups is 1. The first-order valence-electron chi connectivity index (χ1n) is 8.41. The minimum Gasteiger partial charge on any atom is -0.481 e. The number of piperidine rings is 1. The molecule has 2 unspecified atom stereocenters. The van der Waals surface area contributed by atoms with Crippen molar-refractivity contribution in [3.05, 3.63) is 65.5 Å². The van der Waals surface area contributed by atoms with Crippen LogP contribution in [0, 0.1) is 5.92 Å². The number of nitrogens with zero attached hydrogens (tertiary/aromatic N) is 2. The van der Waals surface area contributed by atoms with Gasteiger partial charge in [-0.3, -0.25) is 14.7 Å². The maximum atomic E-state index is 13.1. The third kappa shape index (κ3) is 4.04. The van der Waals surface area contributed by atoms with Crippen molar-refractivity contribution in [2.24, 2.45) is 5.92 Å². The van der Waals surface area contributed by atoms with Gasteiger partial charge in [-0.1, -0.05) is 18.2 Å². The lowest BCUT2D eigenvalue weighted by Crippen LogP contribution is -2.41. The number of carboxylic acid groups (broad SMARTS) is 1. The van der Waals surface area contributed by atoms with Crippen molar-refractivity contribution < 1.29 is 23.1 Å². The van der Waals surface area contributed by atoms with E-state index in [4.69, 9.17) is 0 Å². The largest absolute Gasteiger partial charge is 0.481 e. The number of halogens is 3. The van der Waals surface area contributed by atoms with Crippen molar-refractivity contribution in [2.45, 2.75) is 25.1 Å². The molecule has 0 aliphatic carbocycles. The molecular weight excluding hydrogens is 345 g/mol. The topological polar surface area (TPSA) is 53.4 Å². The van der Waals surface area contributed by atoms with E-state index in [1.807, 2.05) is 4.90 Å². The number of aliphatic carboxylic acids is 1. The van der Waals surface area contributed by atoms with Crippen LogP contribution in [0.1, 0.15) is 35.7 Å². The quantitative estimate of drug-likeness (QED) is 0.891. The van der Waals surface area contributed by atoms with Gasteiger partial charge >= 0.3 is 12.1 Å². The number of likely N-dealkylation sites (tertiary alicyclic amines) is 1. The molecule has 1 fully saturated rings. The average molecular weight is 364 g/mol. The lowest BCUT2D eigenvalue weighted by molar-refractivity contribution is -0.143. The van der Waals surface area contributed by atoms with Crippen molar-refractivity contribution in [1.82, 2.24) is 9.88 Å².